The summed E-state index contributed by atoms with van der Waals surface area (Å²) in [6, 6.07) is 13.3. The molecule has 2 aromatic rings. The Morgan fingerprint density at radius 2 is 1.64 bits per heavy atom. The molecule has 1 N–H and O–H groups in total. The van der Waals surface area contributed by atoms with Gasteiger partial charge >= 0.3 is 6.18 Å². The number of hydrogen-bond acceptors (Lipinski definition) is 1. The number of halogens is 3. The van der Waals surface area contributed by atoms with Crippen molar-refractivity contribution in [1.82, 2.24) is 5.32 Å². The molecule has 112 valence electrons. The molecule has 0 aliphatic carbocycles. The first kappa shape index (κ1) is 15.6. The van der Waals surface area contributed by atoms with Crippen molar-refractivity contribution in [2.75, 3.05) is 6.54 Å². The SMILES string of the molecule is O=C(NCC#Cc1ccccc1)c1ccc(C(F)(F)F)cc1. The van der Waals surface area contributed by atoms with Crippen molar-refractivity contribution < 1.29 is 18.0 Å². The Hall–Kier alpha value is -2.74. The van der Waals surface area contributed by atoms with Gasteiger partial charge in [0.2, 0.25) is 0 Å². The fourth-order valence-electron chi connectivity index (χ4n) is 1.70. The Labute approximate surface area is 126 Å². The van der Waals surface area contributed by atoms with Crippen molar-refractivity contribution in [3.05, 3.63) is 71.3 Å². The van der Waals surface area contributed by atoms with Crippen molar-refractivity contribution >= 4 is 5.91 Å². The van der Waals surface area contributed by atoms with E-state index in [0.29, 0.717) is 0 Å². The minimum Gasteiger partial charge on any atom is -0.341 e. The van der Waals surface area contributed by atoms with Crippen LogP contribution in [0.1, 0.15) is 21.5 Å². The van der Waals surface area contributed by atoms with Crippen LogP contribution in [-0.2, 0) is 6.18 Å². The van der Waals surface area contributed by atoms with Crippen molar-refractivity contribution in [2.24, 2.45) is 0 Å². The minimum absolute atomic E-state index is 0.120. The maximum atomic E-state index is 12.4. The van der Waals surface area contributed by atoms with E-state index in [4.69, 9.17) is 0 Å². The number of carbonyl (C=O) groups excluding carboxylic acids is 1. The van der Waals surface area contributed by atoms with Crippen LogP contribution in [0.25, 0.3) is 0 Å². The molecule has 0 spiro atoms. The molecule has 2 rings (SSSR count). The molecule has 0 fully saturated rings. The first-order chi connectivity index (χ1) is 10.5. The standard InChI is InChI=1S/C17H12F3NO/c18-17(19,20)15-10-8-14(9-11-15)16(22)21-12-4-7-13-5-2-1-3-6-13/h1-3,5-6,8-11H,12H2,(H,21,22). The first-order valence-corrected chi connectivity index (χ1v) is 6.46. The summed E-state index contributed by atoms with van der Waals surface area (Å²) in [7, 11) is 0. The van der Waals surface area contributed by atoms with Gasteiger partial charge in [0.1, 0.15) is 0 Å². The Bertz CT molecular complexity index is 695. The van der Waals surface area contributed by atoms with Crippen LogP contribution in [0.5, 0.6) is 0 Å². The number of hydrogen-bond donors (Lipinski definition) is 1. The Morgan fingerprint density at radius 3 is 2.23 bits per heavy atom. The molecule has 0 bridgehead atoms. The largest absolute Gasteiger partial charge is 0.416 e. The summed E-state index contributed by atoms with van der Waals surface area (Å²) in [5.41, 5.74) is 0.203. The number of rotatable bonds is 2. The molecular weight excluding hydrogens is 291 g/mol. The fraction of sp³-hybridized carbons (Fsp3) is 0.118. The molecule has 0 saturated carbocycles. The molecule has 0 atom stereocenters. The average Bonchev–Trinajstić information content (AvgIpc) is 2.52. The monoisotopic (exact) mass is 303 g/mol. The van der Waals surface area contributed by atoms with E-state index in [1.807, 2.05) is 30.3 Å². The van der Waals surface area contributed by atoms with Crippen LogP contribution >= 0.6 is 0 Å². The number of carbonyl (C=O) groups is 1. The average molecular weight is 303 g/mol. The van der Waals surface area contributed by atoms with Crippen LogP contribution < -0.4 is 5.32 Å². The highest BCUT2D eigenvalue weighted by Gasteiger charge is 2.30. The third-order valence-corrected chi connectivity index (χ3v) is 2.82. The lowest BCUT2D eigenvalue weighted by Crippen LogP contribution is -2.23. The Balaban J connectivity index is 1.92. The summed E-state index contributed by atoms with van der Waals surface area (Å²) in [5.74, 6) is 5.18. The molecule has 0 saturated heterocycles. The van der Waals surface area contributed by atoms with Gasteiger partial charge < -0.3 is 5.32 Å². The van der Waals surface area contributed by atoms with Gasteiger partial charge in [-0.15, -0.1) is 0 Å². The third kappa shape index (κ3) is 4.38. The Kier molecular flexibility index (Phi) is 4.84. The normalized spacial score (nSPS) is 10.5. The van der Waals surface area contributed by atoms with Crippen molar-refractivity contribution in [3.8, 4) is 11.8 Å². The number of benzene rings is 2. The lowest BCUT2D eigenvalue weighted by molar-refractivity contribution is -0.137. The molecule has 5 heteroatoms. The van der Waals surface area contributed by atoms with Gasteiger partial charge in [0, 0.05) is 11.1 Å². The number of alkyl halides is 3. The second kappa shape index (κ2) is 6.81. The van der Waals surface area contributed by atoms with Gasteiger partial charge in [-0.25, -0.2) is 0 Å². The van der Waals surface area contributed by atoms with E-state index in [0.717, 1.165) is 29.8 Å². The van der Waals surface area contributed by atoms with Crippen molar-refractivity contribution in [2.45, 2.75) is 6.18 Å². The van der Waals surface area contributed by atoms with Crippen molar-refractivity contribution in [1.29, 1.82) is 0 Å². The maximum absolute atomic E-state index is 12.4. The summed E-state index contributed by atoms with van der Waals surface area (Å²) >= 11 is 0. The molecule has 0 unspecified atom stereocenters. The highest BCUT2D eigenvalue weighted by atomic mass is 19.4. The van der Waals surface area contributed by atoms with Gasteiger partial charge in [-0.1, -0.05) is 30.0 Å². The van der Waals surface area contributed by atoms with Gasteiger partial charge in [-0.2, -0.15) is 13.2 Å². The quantitative estimate of drug-likeness (QED) is 0.846. The molecule has 1 amide bonds. The van der Waals surface area contributed by atoms with E-state index >= 15 is 0 Å². The van der Waals surface area contributed by atoms with E-state index in [1.54, 1.807) is 0 Å². The van der Waals surface area contributed by atoms with Crippen LogP contribution in [0.3, 0.4) is 0 Å². The van der Waals surface area contributed by atoms with Crippen LogP contribution in [0, 0.1) is 11.8 Å². The summed E-state index contributed by atoms with van der Waals surface area (Å²) in [5, 5.41) is 2.53. The summed E-state index contributed by atoms with van der Waals surface area (Å²) in [4.78, 5) is 11.8. The van der Waals surface area contributed by atoms with E-state index < -0.39 is 17.6 Å². The molecule has 2 nitrogen and oxygen atoms in total. The molecule has 2 aromatic carbocycles. The van der Waals surface area contributed by atoms with Gasteiger partial charge in [0.05, 0.1) is 12.1 Å². The molecule has 0 aliphatic rings. The lowest BCUT2D eigenvalue weighted by atomic mass is 10.1. The highest BCUT2D eigenvalue weighted by Crippen LogP contribution is 2.28. The lowest BCUT2D eigenvalue weighted by Gasteiger charge is -2.07. The second-order valence-corrected chi connectivity index (χ2v) is 4.43. The zero-order valence-electron chi connectivity index (χ0n) is 11.4. The molecular formula is C17H12F3NO. The van der Waals surface area contributed by atoms with Crippen LogP contribution in [-0.4, -0.2) is 12.5 Å². The van der Waals surface area contributed by atoms with E-state index in [-0.39, 0.29) is 12.1 Å². The third-order valence-electron chi connectivity index (χ3n) is 2.82. The predicted molar refractivity (Wildman–Crippen MR) is 77.1 cm³/mol. The highest BCUT2D eigenvalue weighted by molar-refractivity contribution is 5.94. The second-order valence-electron chi connectivity index (χ2n) is 4.43. The maximum Gasteiger partial charge on any atom is 0.416 e. The summed E-state index contributed by atoms with van der Waals surface area (Å²) in [6.45, 7) is 0.120. The van der Waals surface area contributed by atoms with Gasteiger partial charge in [-0.05, 0) is 36.4 Å². The summed E-state index contributed by atoms with van der Waals surface area (Å²) in [6.07, 6.45) is -4.41. The van der Waals surface area contributed by atoms with Crippen LogP contribution in [0.2, 0.25) is 0 Å². The van der Waals surface area contributed by atoms with Gasteiger partial charge in [0.15, 0.2) is 0 Å². The van der Waals surface area contributed by atoms with E-state index in [1.165, 1.54) is 0 Å². The number of nitrogens with one attached hydrogen (secondary N) is 1. The zero-order chi connectivity index (χ0) is 16.0. The molecule has 22 heavy (non-hydrogen) atoms. The molecule has 0 radical (unpaired) electrons. The minimum atomic E-state index is -4.41. The van der Waals surface area contributed by atoms with Crippen molar-refractivity contribution in [3.63, 3.8) is 0 Å². The number of amides is 1. The summed E-state index contributed by atoms with van der Waals surface area (Å²) < 4.78 is 37.2. The van der Waals surface area contributed by atoms with Crippen LogP contribution in [0.4, 0.5) is 13.2 Å². The van der Waals surface area contributed by atoms with E-state index in [9.17, 15) is 18.0 Å². The zero-order valence-corrected chi connectivity index (χ0v) is 11.4. The van der Waals surface area contributed by atoms with Gasteiger partial charge in [-0.3, -0.25) is 4.79 Å². The van der Waals surface area contributed by atoms with Gasteiger partial charge in [0.25, 0.3) is 5.91 Å². The van der Waals surface area contributed by atoms with E-state index in [2.05, 4.69) is 17.2 Å². The fourth-order valence-corrected chi connectivity index (χ4v) is 1.70. The molecule has 0 aliphatic heterocycles. The topological polar surface area (TPSA) is 29.1 Å². The van der Waals surface area contributed by atoms with Crippen LogP contribution in [0.15, 0.2) is 54.6 Å². The predicted octanol–water partition coefficient (Wildman–Crippen LogP) is 3.49. The Morgan fingerprint density at radius 1 is 1.00 bits per heavy atom. The molecule has 0 heterocycles. The first-order valence-electron chi connectivity index (χ1n) is 6.46. The molecule has 0 aromatic heterocycles. The smallest absolute Gasteiger partial charge is 0.341 e.